The summed E-state index contributed by atoms with van der Waals surface area (Å²) in [6.07, 6.45) is 2.15. The molecule has 2 bridgehead atoms. The number of halogens is 2. The molecule has 3 aliphatic rings. The van der Waals surface area contributed by atoms with E-state index in [-0.39, 0.29) is 11.1 Å². The van der Waals surface area contributed by atoms with E-state index in [1.165, 1.54) is 0 Å². The second kappa shape index (κ2) is 3.68. The fourth-order valence-electron chi connectivity index (χ4n) is 2.38. The third kappa shape index (κ3) is 1.49. The van der Waals surface area contributed by atoms with Crippen molar-refractivity contribution in [3.05, 3.63) is 30.1 Å². The average Bonchev–Trinajstić information content (AvgIpc) is 2.34. The Morgan fingerprint density at radius 1 is 1.50 bits per heavy atom. The minimum Gasteiger partial charge on any atom is -0.449 e. The number of carbonyl (C=O) groups excluding carboxylic acids is 1. The van der Waals surface area contributed by atoms with Crippen molar-refractivity contribution in [1.29, 1.82) is 0 Å². The number of aliphatic imine (C=N–C) groups is 1. The number of hydrogen-bond donors (Lipinski definition) is 0. The Balaban J connectivity index is 2.13. The molecule has 0 aliphatic carbocycles. The van der Waals surface area contributed by atoms with Gasteiger partial charge in [-0.05, 0) is 19.1 Å². The van der Waals surface area contributed by atoms with E-state index in [1.54, 1.807) is 13.1 Å². The SMILES string of the molecule is C[C@@]12C[C@@H](c3ccccn3)[C@@](Cl)(N=C1Cl)C(=O)O2. The molecule has 0 spiro atoms. The number of rotatable bonds is 1. The third-order valence-electron chi connectivity index (χ3n) is 3.40. The molecule has 3 aliphatic heterocycles. The van der Waals surface area contributed by atoms with E-state index < -0.39 is 16.6 Å². The Hall–Kier alpha value is -1.13. The number of esters is 1. The van der Waals surface area contributed by atoms with Crippen LogP contribution in [0.2, 0.25) is 0 Å². The van der Waals surface area contributed by atoms with E-state index >= 15 is 0 Å². The first-order chi connectivity index (χ1) is 8.46. The number of ether oxygens (including phenoxy) is 1. The van der Waals surface area contributed by atoms with Gasteiger partial charge >= 0.3 is 5.97 Å². The highest BCUT2D eigenvalue weighted by Crippen LogP contribution is 2.51. The predicted octanol–water partition coefficient (Wildman–Crippen LogP) is 2.46. The quantitative estimate of drug-likeness (QED) is 0.452. The molecular formula is C12H10Cl2N2O2. The lowest BCUT2D eigenvalue weighted by molar-refractivity contribution is -0.166. The minimum absolute atomic E-state index is 0.240. The first-order valence-corrected chi connectivity index (χ1v) is 6.30. The van der Waals surface area contributed by atoms with Crippen LogP contribution in [0.1, 0.15) is 25.0 Å². The zero-order valence-corrected chi connectivity index (χ0v) is 11.1. The van der Waals surface area contributed by atoms with E-state index in [0.717, 1.165) is 5.69 Å². The van der Waals surface area contributed by atoms with Gasteiger partial charge in [-0.1, -0.05) is 29.3 Å². The number of pyridine rings is 1. The minimum atomic E-state index is -1.48. The summed E-state index contributed by atoms with van der Waals surface area (Å²) >= 11 is 12.3. The Kier molecular flexibility index (Phi) is 2.44. The molecule has 1 fully saturated rings. The standard InChI is InChI=1S/C12H10Cl2N2O2/c1-11-6-7(8-4-2-3-5-15-8)12(14,10(17)18-11)16-9(11)13/h2-5,7H,6H2,1H3/t7-,11+,12+/m0/s1. The van der Waals surface area contributed by atoms with Gasteiger partial charge in [0.25, 0.3) is 0 Å². The van der Waals surface area contributed by atoms with E-state index in [2.05, 4.69) is 9.98 Å². The van der Waals surface area contributed by atoms with Crippen molar-refractivity contribution in [2.75, 3.05) is 0 Å². The topological polar surface area (TPSA) is 51.5 Å². The van der Waals surface area contributed by atoms with Gasteiger partial charge in [-0.3, -0.25) is 4.98 Å². The average molecular weight is 285 g/mol. The molecule has 1 saturated heterocycles. The maximum atomic E-state index is 12.0. The van der Waals surface area contributed by atoms with Crippen LogP contribution in [-0.4, -0.2) is 26.7 Å². The molecule has 1 aromatic heterocycles. The van der Waals surface area contributed by atoms with Crippen molar-refractivity contribution >= 4 is 34.3 Å². The van der Waals surface area contributed by atoms with Crippen molar-refractivity contribution in [3.8, 4) is 0 Å². The summed E-state index contributed by atoms with van der Waals surface area (Å²) in [4.78, 5) is 18.9. The largest absolute Gasteiger partial charge is 0.449 e. The smallest absolute Gasteiger partial charge is 0.351 e. The second-order valence-corrected chi connectivity index (χ2v) is 5.64. The molecule has 0 radical (unpaired) electrons. The van der Waals surface area contributed by atoms with E-state index in [1.807, 2.05) is 18.2 Å². The van der Waals surface area contributed by atoms with E-state index in [0.29, 0.717) is 6.42 Å². The normalized spacial score (nSPS) is 38.3. The Morgan fingerprint density at radius 3 is 2.94 bits per heavy atom. The van der Waals surface area contributed by atoms with Gasteiger partial charge in [-0.2, -0.15) is 0 Å². The molecule has 4 rings (SSSR count). The van der Waals surface area contributed by atoms with Crippen molar-refractivity contribution in [1.82, 2.24) is 4.98 Å². The summed E-state index contributed by atoms with van der Waals surface area (Å²) < 4.78 is 5.28. The lowest BCUT2D eigenvalue weighted by Crippen LogP contribution is -2.59. The predicted molar refractivity (Wildman–Crippen MR) is 68.0 cm³/mol. The van der Waals surface area contributed by atoms with Gasteiger partial charge in [0.15, 0.2) is 5.60 Å². The highest BCUT2D eigenvalue weighted by atomic mass is 35.5. The number of nitrogens with zero attached hydrogens (tertiary/aromatic N) is 2. The summed E-state index contributed by atoms with van der Waals surface area (Å²) in [5.41, 5.74) is -0.166. The van der Waals surface area contributed by atoms with Crippen molar-refractivity contribution < 1.29 is 9.53 Å². The first-order valence-electron chi connectivity index (χ1n) is 5.55. The van der Waals surface area contributed by atoms with E-state index in [4.69, 9.17) is 27.9 Å². The third-order valence-corrected chi connectivity index (χ3v) is 4.39. The lowest BCUT2D eigenvalue weighted by atomic mass is 9.79. The van der Waals surface area contributed by atoms with Crippen LogP contribution in [0.25, 0.3) is 0 Å². The second-order valence-electron chi connectivity index (χ2n) is 4.71. The van der Waals surface area contributed by atoms with Gasteiger partial charge in [-0.25, -0.2) is 9.79 Å². The molecule has 1 aromatic rings. The summed E-state index contributed by atoms with van der Waals surface area (Å²) in [5, 5.41) is 0.240. The maximum Gasteiger partial charge on any atom is 0.351 e. The maximum absolute atomic E-state index is 12.0. The number of aromatic nitrogens is 1. The first kappa shape index (κ1) is 11.9. The molecule has 4 nitrogen and oxygen atoms in total. The fraction of sp³-hybridized carbons (Fsp3) is 0.417. The van der Waals surface area contributed by atoms with Crippen LogP contribution >= 0.6 is 23.2 Å². The van der Waals surface area contributed by atoms with E-state index in [9.17, 15) is 4.79 Å². The van der Waals surface area contributed by atoms with Gasteiger partial charge in [0.1, 0.15) is 5.17 Å². The lowest BCUT2D eigenvalue weighted by Gasteiger charge is -2.47. The van der Waals surface area contributed by atoms with Crippen LogP contribution < -0.4 is 0 Å². The molecule has 0 aromatic carbocycles. The molecule has 4 heterocycles. The monoisotopic (exact) mass is 284 g/mol. The number of fused-ring (bicyclic) bond motifs is 2. The zero-order chi connectivity index (χ0) is 13.0. The molecule has 0 unspecified atom stereocenters. The van der Waals surface area contributed by atoms with Crippen LogP contribution in [0.15, 0.2) is 29.4 Å². The zero-order valence-electron chi connectivity index (χ0n) is 9.56. The van der Waals surface area contributed by atoms with Crippen LogP contribution in [-0.2, 0) is 9.53 Å². The highest BCUT2D eigenvalue weighted by molar-refractivity contribution is 6.68. The molecule has 6 heteroatoms. The number of carbonyl (C=O) groups is 1. The van der Waals surface area contributed by atoms with Crippen LogP contribution in [0, 0.1) is 0 Å². The molecule has 94 valence electrons. The Labute approximate surface area is 114 Å². The highest BCUT2D eigenvalue weighted by Gasteiger charge is 2.62. The van der Waals surface area contributed by atoms with Gasteiger partial charge < -0.3 is 4.74 Å². The van der Waals surface area contributed by atoms with Crippen molar-refractivity contribution in [3.63, 3.8) is 0 Å². The molecule has 3 atom stereocenters. The van der Waals surface area contributed by atoms with Crippen molar-refractivity contribution in [2.24, 2.45) is 4.99 Å². The molecule has 18 heavy (non-hydrogen) atoms. The summed E-state index contributed by atoms with van der Waals surface area (Å²) in [7, 11) is 0. The number of hydrogen-bond acceptors (Lipinski definition) is 4. The van der Waals surface area contributed by atoms with Crippen molar-refractivity contribution in [2.45, 2.75) is 29.9 Å². The summed E-state index contributed by atoms with van der Waals surface area (Å²) in [6, 6.07) is 5.49. The molecule has 0 amide bonds. The summed E-state index contributed by atoms with van der Waals surface area (Å²) in [5.74, 6) is -0.882. The Bertz CT molecular complexity index is 548. The molecule has 0 N–H and O–H groups in total. The Morgan fingerprint density at radius 2 is 2.28 bits per heavy atom. The van der Waals surface area contributed by atoms with Gasteiger partial charge in [0.05, 0.1) is 5.92 Å². The van der Waals surface area contributed by atoms with Gasteiger partial charge in [0, 0.05) is 18.3 Å². The molecular weight excluding hydrogens is 275 g/mol. The summed E-state index contributed by atoms with van der Waals surface area (Å²) in [6.45, 7) is 1.74. The van der Waals surface area contributed by atoms with Gasteiger partial charge in [-0.15, -0.1) is 0 Å². The number of alkyl halides is 1. The van der Waals surface area contributed by atoms with Gasteiger partial charge in [0.2, 0.25) is 5.00 Å². The van der Waals surface area contributed by atoms with Crippen LogP contribution in [0.5, 0.6) is 0 Å². The van der Waals surface area contributed by atoms with Crippen LogP contribution in [0.4, 0.5) is 0 Å². The van der Waals surface area contributed by atoms with Crippen LogP contribution in [0.3, 0.4) is 0 Å². The molecule has 0 saturated carbocycles. The fourth-order valence-corrected chi connectivity index (χ4v) is 2.98.